The van der Waals surface area contributed by atoms with Crippen molar-refractivity contribution < 1.29 is 33.2 Å². The van der Waals surface area contributed by atoms with Crippen LogP contribution in [0.4, 0.5) is 5.69 Å². The molecule has 1 N–H and O–H groups in total. The number of rotatable bonds is 10. The van der Waals surface area contributed by atoms with Gasteiger partial charge in [0.15, 0.2) is 5.75 Å². The quantitative estimate of drug-likeness (QED) is 0.192. The number of ether oxygens (including phenoxy) is 2. The lowest BCUT2D eigenvalue weighted by Crippen LogP contribution is -2.54. The molecule has 0 aliphatic carbocycles. The number of aromatic nitrogens is 4. The summed E-state index contributed by atoms with van der Waals surface area (Å²) in [7, 11) is 0. The van der Waals surface area contributed by atoms with Crippen LogP contribution in [0.15, 0.2) is 83.6 Å². The Bertz CT molecular complexity index is 2230. The number of amides is 4. The van der Waals surface area contributed by atoms with E-state index >= 15 is 0 Å². The zero-order valence-corrected chi connectivity index (χ0v) is 29.2. The second-order valence-corrected chi connectivity index (χ2v) is 13.8. The summed E-state index contributed by atoms with van der Waals surface area (Å²) < 4.78 is 17.2. The van der Waals surface area contributed by atoms with Gasteiger partial charge in [0.2, 0.25) is 29.4 Å². The second-order valence-electron chi connectivity index (χ2n) is 13.8. The van der Waals surface area contributed by atoms with E-state index in [1.165, 1.54) is 0 Å². The van der Waals surface area contributed by atoms with Crippen LogP contribution in [0.3, 0.4) is 0 Å². The van der Waals surface area contributed by atoms with E-state index in [1.807, 2.05) is 42.5 Å². The van der Waals surface area contributed by atoms with Crippen LogP contribution in [0.5, 0.6) is 17.2 Å². The zero-order valence-electron chi connectivity index (χ0n) is 29.2. The molecule has 268 valence electrons. The Morgan fingerprint density at radius 1 is 0.830 bits per heavy atom. The number of imide groups is 2. The monoisotopic (exact) mass is 713 g/mol. The van der Waals surface area contributed by atoms with Crippen molar-refractivity contribution in [1.82, 2.24) is 30.3 Å². The van der Waals surface area contributed by atoms with E-state index < -0.39 is 29.7 Å². The second kappa shape index (κ2) is 13.3. The van der Waals surface area contributed by atoms with Gasteiger partial charge in [-0.25, -0.2) is 9.97 Å². The van der Waals surface area contributed by atoms with E-state index in [2.05, 4.69) is 56.3 Å². The molecule has 53 heavy (non-hydrogen) atoms. The molecule has 2 aromatic heterocycles. The fraction of sp³-hybridized carbons (Fsp3) is 0.282. The van der Waals surface area contributed by atoms with Gasteiger partial charge in [-0.1, -0.05) is 43.3 Å². The minimum atomic E-state index is -0.994. The van der Waals surface area contributed by atoms with E-state index in [0.29, 0.717) is 35.6 Å². The van der Waals surface area contributed by atoms with Crippen molar-refractivity contribution in [3.63, 3.8) is 0 Å². The van der Waals surface area contributed by atoms with Crippen molar-refractivity contribution in [1.29, 1.82) is 0 Å². The molecule has 0 radical (unpaired) electrons. The van der Waals surface area contributed by atoms with Gasteiger partial charge in [0.1, 0.15) is 24.1 Å². The first-order chi connectivity index (χ1) is 25.5. The van der Waals surface area contributed by atoms with Crippen molar-refractivity contribution in [2.75, 3.05) is 18.1 Å². The molecule has 2 fully saturated rings. The smallest absolute Gasteiger partial charge is 0.262 e. The molecule has 4 amide bonds. The molecule has 3 aromatic carbocycles. The van der Waals surface area contributed by atoms with Crippen LogP contribution in [0, 0.1) is 6.92 Å². The van der Waals surface area contributed by atoms with E-state index in [9.17, 15) is 19.2 Å². The van der Waals surface area contributed by atoms with Gasteiger partial charge in [0.05, 0.1) is 29.6 Å². The Morgan fingerprint density at radius 3 is 2.13 bits per heavy atom. The Balaban J connectivity index is 0.867. The van der Waals surface area contributed by atoms with Crippen LogP contribution in [-0.2, 0) is 15.0 Å². The molecule has 2 atom stereocenters. The van der Waals surface area contributed by atoms with Crippen LogP contribution in [0.2, 0.25) is 0 Å². The summed E-state index contributed by atoms with van der Waals surface area (Å²) in [4.78, 5) is 66.2. The van der Waals surface area contributed by atoms with Gasteiger partial charge in [0, 0.05) is 31.0 Å². The van der Waals surface area contributed by atoms with Gasteiger partial charge in [-0.3, -0.25) is 29.4 Å². The Kier molecular flexibility index (Phi) is 8.44. The maximum absolute atomic E-state index is 13.3. The van der Waals surface area contributed by atoms with E-state index in [4.69, 9.17) is 14.0 Å². The van der Waals surface area contributed by atoms with Gasteiger partial charge in [-0.05, 0) is 66.4 Å². The predicted molar refractivity (Wildman–Crippen MR) is 190 cm³/mol. The summed E-state index contributed by atoms with van der Waals surface area (Å²) in [5.41, 5.74) is 3.27. The summed E-state index contributed by atoms with van der Waals surface area (Å²) in [6.45, 7) is 7.25. The Morgan fingerprint density at radius 2 is 1.51 bits per heavy atom. The highest BCUT2D eigenvalue weighted by Gasteiger charge is 2.45. The molecule has 0 saturated carbocycles. The van der Waals surface area contributed by atoms with Gasteiger partial charge in [0.25, 0.3) is 11.8 Å². The van der Waals surface area contributed by atoms with Crippen LogP contribution < -0.4 is 19.7 Å². The van der Waals surface area contributed by atoms with E-state index in [0.717, 1.165) is 40.4 Å². The summed E-state index contributed by atoms with van der Waals surface area (Å²) >= 11 is 0. The third-order valence-corrected chi connectivity index (χ3v) is 10.1. The lowest BCUT2D eigenvalue weighted by Gasteiger charge is -2.42. The molecule has 14 nitrogen and oxygen atoms in total. The molecule has 3 aliphatic rings. The molecule has 8 rings (SSSR count). The number of nitrogens with one attached hydrogen (secondary N) is 1. The average molecular weight is 714 g/mol. The van der Waals surface area contributed by atoms with Gasteiger partial charge < -0.3 is 18.9 Å². The first kappa shape index (κ1) is 33.7. The number of carbonyl (C=O) groups is 4. The molecule has 2 saturated heterocycles. The highest BCUT2D eigenvalue weighted by atomic mass is 16.5. The summed E-state index contributed by atoms with van der Waals surface area (Å²) in [6, 6.07) is 20.3. The topological polar surface area (TPSA) is 170 Å². The normalized spacial score (nSPS) is 18.5. The summed E-state index contributed by atoms with van der Waals surface area (Å²) in [5.74, 6) is 0.931. The number of hydrogen-bond acceptors (Lipinski definition) is 12. The van der Waals surface area contributed by atoms with E-state index in [-0.39, 0.29) is 35.4 Å². The lowest BCUT2D eigenvalue weighted by molar-refractivity contribution is -0.136. The van der Waals surface area contributed by atoms with Crippen molar-refractivity contribution in [3.05, 3.63) is 107 Å². The molecule has 5 aromatic rings. The van der Waals surface area contributed by atoms with Gasteiger partial charge in [-0.2, -0.15) is 4.98 Å². The highest BCUT2D eigenvalue weighted by Crippen LogP contribution is 2.36. The molecule has 0 bridgehead atoms. The zero-order chi connectivity index (χ0) is 36.9. The van der Waals surface area contributed by atoms with Crippen molar-refractivity contribution in [2.24, 2.45) is 0 Å². The molecular weight excluding hydrogens is 678 g/mol. The van der Waals surface area contributed by atoms with Crippen molar-refractivity contribution >= 4 is 29.3 Å². The van der Waals surface area contributed by atoms with Crippen LogP contribution in [-0.4, -0.2) is 73.9 Å². The number of fused-ring (bicyclic) bond motifs is 1. The standard InChI is InChI=1S/C39H35N7O7/c1-22-42-35(44-53-22)34-40-19-29(20-41-34)52-28-11-6-24(7-12-28)39(2,3)23-4-9-27(10-5-23)51-21-26-16-17-45(26)25-8-13-30-31(18-25)38(50)46(37(30)49)32-14-15-33(47)43-36(32)48/h4-13,18-20,26,32H,14-17,21H2,1-3H3,(H,43,47,48)/t26-,32?/m0/s1. The van der Waals surface area contributed by atoms with E-state index in [1.54, 1.807) is 31.5 Å². The third-order valence-electron chi connectivity index (χ3n) is 10.1. The average Bonchev–Trinajstić information content (AvgIpc) is 3.68. The molecule has 14 heteroatoms. The SMILES string of the molecule is Cc1nc(-c2ncc(Oc3ccc(C(C)(C)c4ccc(OC[C@@H]5CCN5c5ccc6c(c5)C(=O)N(C5CCC(=O)NC5=O)C6=O)cc4)cc3)cn2)no1. The fourth-order valence-electron chi connectivity index (χ4n) is 6.87. The minimum Gasteiger partial charge on any atom is -0.491 e. The largest absolute Gasteiger partial charge is 0.491 e. The fourth-order valence-corrected chi connectivity index (χ4v) is 6.87. The number of hydrogen-bond donors (Lipinski definition) is 1. The van der Waals surface area contributed by atoms with Crippen LogP contribution in [0.1, 0.15) is 70.8 Å². The number of benzene rings is 3. The maximum Gasteiger partial charge on any atom is 0.262 e. The summed E-state index contributed by atoms with van der Waals surface area (Å²) in [5, 5.41) is 6.06. The predicted octanol–water partition coefficient (Wildman–Crippen LogP) is 5.01. The van der Waals surface area contributed by atoms with Crippen LogP contribution >= 0.6 is 0 Å². The number of carbonyl (C=O) groups excluding carboxylic acids is 4. The Labute approximate surface area is 304 Å². The Hall–Kier alpha value is -6.44. The first-order valence-electron chi connectivity index (χ1n) is 17.3. The number of piperidine rings is 1. The molecule has 1 unspecified atom stereocenters. The molecule has 0 spiro atoms. The number of nitrogens with zero attached hydrogens (tertiary/aromatic N) is 6. The lowest BCUT2D eigenvalue weighted by atomic mass is 9.78. The van der Waals surface area contributed by atoms with Crippen molar-refractivity contribution in [3.8, 4) is 28.9 Å². The molecular formula is C39H35N7O7. The third kappa shape index (κ3) is 6.36. The van der Waals surface area contributed by atoms with Crippen molar-refractivity contribution in [2.45, 2.75) is 57.5 Å². The summed E-state index contributed by atoms with van der Waals surface area (Å²) in [6.07, 6.45) is 4.24. The number of anilines is 1. The first-order valence-corrected chi connectivity index (χ1v) is 17.3. The van der Waals surface area contributed by atoms with Gasteiger partial charge >= 0.3 is 0 Å². The molecule has 5 heterocycles. The maximum atomic E-state index is 13.3. The minimum absolute atomic E-state index is 0.0776. The highest BCUT2D eigenvalue weighted by molar-refractivity contribution is 6.23. The molecule has 3 aliphatic heterocycles. The van der Waals surface area contributed by atoms with Crippen LogP contribution in [0.25, 0.3) is 11.6 Å². The van der Waals surface area contributed by atoms with Gasteiger partial charge in [-0.15, -0.1) is 0 Å². The number of aryl methyl sites for hydroxylation is 1.